The minimum absolute atomic E-state index is 0.218. The van der Waals surface area contributed by atoms with Crippen molar-refractivity contribution in [3.05, 3.63) is 0 Å². The van der Waals surface area contributed by atoms with Gasteiger partial charge in [0.1, 0.15) is 0 Å². The van der Waals surface area contributed by atoms with Gasteiger partial charge in [-0.1, -0.05) is 20.8 Å². The van der Waals surface area contributed by atoms with E-state index < -0.39 is 0 Å². The average molecular weight is 183 g/mol. The lowest BCUT2D eigenvalue weighted by atomic mass is 9.70. The Morgan fingerprint density at radius 3 is 2.46 bits per heavy atom. The Balaban J connectivity index is 2.00. The van der Waals surface area contributed by atoms with E-state index in [0.717, 1.165) is 25.6 Å². The average Bonchev–Trinajstić information content (AvgIpc) is 2.00. The van der Waals surface area contributed by atoms with E-state index in [2.05, 4.69) is 26.1 Å². The number of ether oxygens (including phenoxy) is 1. The van der Waals surface area contributed by atoms with Crippen molar-refractivity contribution >= 4 is 0 Å². The second-order valence-corrected chi connectivity index (χ2v) is 5.69. The predicted molar refractivity (Wildman–Crippen MR) is 53.7 cm³/mol. The van der Waals surface area contributed by atoms with Crippen LogP contribution in [0, 0.1) is 11.3 Å². The predicted octanol–water partition coefficient (Wildman–Crippen LogP) is 1.80. The Hall–Kier alpha value is -0.0800. The minimum atomic E-state index is 0.218. The number of rotatable bonds is 0. The van der Waals surface area contributed by atoms with E-state index in [1.807, 2.05) is 0 Å². The standard InChI is InChI=1S/C11H21NO/c1-10(2,3)9-4-5-13-11(6-9)7-12-8-11/h9,12H,4-8H2,1-3H3/t9-/m1/s1. The van der Waals surface area contributed by atoms with Gasteiger partial charge in [0.05, 0.1) is 5.60 Å². The minimum Gasteiger partial charge on any atom is -0.372 e. The van der Waals surface area contributed by atoms with Crippen LogP contribution in [0.25, 0.3) is 0 Å². The lowest BCUT2D eigenvalue weighted by molar-refractivity contribution is -0.140. The fraction of sp³-hybridized carbons (Fsp3) is 1.00. The molecule has 2 saturated heterocycles. The van der Waals surface area contributed by atoms with E-state index in [9.17, 15) is 0 Å². The normalized spacial score (nSPS) is 33.0. The SMILES string of the molecule is CC(C)(C)[C@@H]1CCOC2(CNC2)C1. The van der Waals surface area contributed by atoms with Crippen LogP contribution in [0.5, 0.6) is 0 Å². The quantitative estimate of drug-likeness (QED) is 0.618. The van der Waals surface area contributed by atoms with Crippen LogP contribution in [0.4, 0.5) is 0 Å². The van der Waals surface area contributed by atoms with Crippen LogP contribution in [0.3, 0.4) is 0 Å². The summed E-state index contributed by atoms with van der Waals surface area (Å²) in [6, 6.07) is 0. The number of nitrogens with one attached hydrogen (secondary N) is 1. The molecule has 0 radical (unpaired) electrons. The zero-order valence-electron chi connectivity index (χ0n) is 9.02. The van der Waals surface area contributed by atoms with Gasteiger partial charge in [0.15, 0.2) is 0 Å². The molecule has 0 aromatic rings. The second kappa shape index (κ2) is 2.96. The summed E-state index contributed by atoms with van der Waals surface area (Å²) in [6.45, 7) is 10.1. The molecule has 0 aromatic heterocycles. The molecule has 1 N–H and O–H groups in total. The highest BCUT2D eigenvalue weighted by Crippen LogP contribution is 2.41. The van der Waals surface area contributed by atoms with Crippen LogP contribution in [0.2, 0.25) is 0 Å². The molecule has 0 aliphatic carbocycles. The van der Waals surface area contributed by atoms with Crippen molar-refractivity contribution in [3.8, 4) is 0 Å². The van der Waals surface area contributed by atoms with Gasteiger partial charge in [-0.3, -0.25) is 0 Å². The third kappa shape index (κ3) is 1.75. The first-order valence-corrected chi connectivity index (χ1v) is 5.37. The highest BCUT2D eigenvalue weighted by Gasteiger charge is 2.45. The molecule has 2 heterocycles. The van der Waals surface area contributed by atoms with E-state index in [1.54, 1.807) is 0 Å². The molecule has 13 heavy (non-hydrogen) atoms. The molecule has 76 valence electrons. The van der Waals surface area contributed by atoms with Gasteiger partial charge >= 0.3 is 0 Å². The largest absolute Gasteiger partial charge is 0.372 e. The topological polar surface area (TPSA) is 21.3 Å². The highest BCUT2D eigenvalue weighted by molar-refractivity contribution is 4.99. The fourth-order valence-electron chi connectivity index (χ4n) is 2.42. The Kier molecular flexibility index (Phi) is 2.16. The van der Waals surface area contributed by atoms with E-state index in [1.165, 1.54) is 12.8 Å². The Bertz CT molecular complexity index is 191. The van der Waals surface area contributed by atoms with Crippen molar-refractivity contribution in [1.82, 2.24) is 5.32 Å². The number of hydrogen-bond acceptors (Lipinski definition) is 2. The molecule has 2 nitrogen and oxygen atoms in total. The first-order chi connectivity index (χ1) is 6.02. The molecule has 2 rings (SSSR count). The van der Waals surface area contributed by atoms with Crippen molar-refractivity contribution < 1.29 is 4.74 Å². The monoisotopic (exact) mass is 183 g/mol. The second-order valence-electron chi connectivity index (χ2n) is 5.69. The van der Waals surface area contributed by atoms with E-state index in [0.29, 0.717) is 5.41 Å². The van der Waals surface area contributed by atoms with Gasteiger partial charge < -0.3 is 10.1 Å². The van der Waals surface area contributed by atoms with Gasteiger partial charge in [-0.15, -0.1) is 0 Å². The first kappa shape index (κ1) is 9.47. The Labute approximate surface area is 81.0 Å². The van der Waals surface area contributed by atoms with Crippen LogP contribution < -0.4 is 5.32 Å². The Morgan fingerprint density at radius 1 is 1.31 bits per heavy atom. The molecule has 0 aromatic carbocycles. The molecular weight excluding hydrogens is 162 g/mol. The maximum Gasteiger partial charge on any atom is 0.0932 e. The third-order valence-corrected chi connectivity index (χ3v) is 3.61. The smallest absolute Gasteiger partial charge is 0.0932 e. The molecule has 0 bridgehead atoms. The molecule has 1 atom stereocenters. The van der Waals surface area contributed by atoms with Crippen molar-refractivity contribution in [3.63, 3.8) is 0 Å². The molecule has 2 fully saturated rings. The van der Waals surface area contributed by atoms with E-state index >= 15 is 0 Å². The summed E-state index contributed by atoms with van der Waals surface area (Å²) in [4.78, 5) is 0. The molecule has 2 heteroatoms. The number of hydrogen-bond donors (Lipinski definition) is 1. The molecular formula is C11H21NO. The maximum atomic E-state index is 5.86. The van der Waals surface area contributed by atoms with Gasteiger partial charge in [-0.2, -0.15) is 0 Å². The maximum absolute atomic E-state index is 5.86. The summed E-state index contributed by atoms with van der Waals surface area (Å²) >= 11 is 0. The summed E-state index contributed by atoms with van der Waals surface area (Å²) < 4.78 is 5.86. The summed E-state index contributed by atoms with van der Waals surface area (Å²) in [5.41, 5.74) is 0.669. The zero-order chi connectivity index (χ0) is 9.53. The van der Waals surface area contributed by atoms with Crippen molar-refractivity contribution in [2.75, 3.05) is 19.7 Å². The summed E-state index contributed by atoms with van der Waals surface area (Å²) in [6.07, 6.45) is 2.49. The van der Waals surface area contributed by atoms with Gasteiger partial charge in [-0.25, -0.2) is 0 Å². The van der Waals surface area contributed by atoms with Crippen LogP contribution in [0.1, 0.15) is 33.6 Å². The first-order valence-electron chi connectivity index (χ1n) is 5.37. The van der Waals surface area contributed by atoms with Gasteiger partial charge in [-0.05, 0) is 24.2 Å². The van der Waals surface area contributed by atoms with Crippen molar-refractivity contribution in [2.45, 2.75) is 39.2 Å². The Morgan fingerprint density at radius 2 is 2.00 bits per heavy atom. The summed E-state index contributed by atoms with van der Waals surface area (Å²) in [5.74, 6) is 0.836. The van der Waals surface area contributed by atoms with E-state index in [-0.39, 0.29) is 5.60 Å². The third-order valence-electron chi connectivity index (χ3n) is 3.61. The van der Waals surface area contributed by atoms with Gasteiger partial charge in [0.25, 0.3) is 0 Å². The summed E-state index contributed by atoms with van der Waals surface area (Å²) in [5, 5.41) is 3.32. The van der Waals surface area contributed by atoms with Crippen molar-refractivity contribution in [1.29, 1.82) is 0 Å². The highest BCUT2D eigenvalue weighted by atomic mass is 16.5. The van der Waals surface area contributed by atoms with Gasteiger partial charge in [0, 0.05) is 19.7 Å². The van der Waals surface area contributed by atoms with Gasteiger partial charge in [0.2, 0.25) is 0 Å². The van der Waals surface area contributed by atoms with E-state index in [4.69, 9.17) is 4.74 Å². The van der Waals surface area contributed by atoms with Crippen LogP contribution in [0.15, 0.2) is 0 Å². The van der Waals surface area contributed by atoms with Crippen LogP contribution in [-0.4, -0.2) is 25.3 Å². The molecule has 0 unspecified atom stereocenters. The van der Waals surface area contributed by atoms with Crippen LogP contribution >= 0.6 is 0 Å². The van der Waals surface area contributed by atoms with Crippen LogP contribution in [-0.2, 0) is 4.74 Å². The molecule has 2 aliphatic rings. The fourth-order valence-corrected chi connectivity index (χ4v) is 2.42. The molecule has 1 spiro atoms. The summed E-state index contributed by atoms with van der Waals surface area (Å²) in [7, 11) is 0. The molecule has 0 saturated carbocycles. The molecule has 2 aliphatic heterocycles. The lowest BCUT2D eigenvalue weighted by Gasteiger charge is -2.50. The zero-order valence-corrected chi connectivity index (χ0v) is 9.02. The van der Waals surface area contributed by atoms with Crippen molar-refractivity contribution in [2.24, 2.45) is 11.3 Å². The molecule has 0 amide bonds. The lowest BCUT2D eigenvalue weighted by Crippen LogP contribution is -2.64.